The third-order valence-corrected chi connectivity index (χ3v) is 7.28. The molecule has 0 aromatic heterocycles. The Balaban J connectivity index is 2.37. The summed E-state index contributed by atoms with van der Waals surface area (Å²) in [5.74, 6) is -0.300. The average molecular weight is 373 g/mol. The smallest absolute Gasteiger partial charge is 0.187 e. The van der Waals surface area contributed by atoms with E-state index in [1.807, 2.05) is 0 Å². The van der Waals surface area contributed by atoms with Crippen LogP contribution in [0, 0.1) is 11.3 Å². The molecule has 3 fully saturated rings. The van der Waals surface area contributed by atoms with Crippen LogP contribution < -0.4 is 0 Å². The number of ether oxygens (including phenoxy) is 2. The maximum Gasteiger partial charge on any atom is 0.187 e. The molecule has 0 aliphatic carbocycles. The summed E-state index contributed by atoms with van der Waals surface area (Å²) in [5, 5.41) is 31.8. The van der Waals surface area contributed by atoms with Gasteiger partial charge in [0.15, 0.2) is 6.29 Å². The lowest BCUT2D eigenvalue weighted by molar-refractivity contribution is -0.331. The fraction of sp³-hybridized carbons (Fsp3) is 1.00. The number of fused-ring (bicyclic) bond motifs is 10. The zero-order valence-corrected chi connectivity index (χ0v) is 17.1. The van der Waals surface area contributed by atoms with Gasteiger partial charge < -0.3 is 24.8 Å². The first kappa shape index (κ1) is 22.1. The van der Waals surface area contributed by atoms with E-state index in [1.54, 1.807) is 0 Å². The van der Waals surface area contributed by atoms with Gasteiger partial charge in [-0.15, -0.1) is 0 Å². The first-order valence-electron chi connectivity index (χ1n) is 10.7. The van der Waals surface area contributed by atoms with Crippen molar-refractivity contribution in [2.24, 2.45) is 11.3 Å². The Labute approximate surface area is 159 Å². The first-order valence-corrected chi connectivity index (χ1v) is 10.7. The van der Waals surface area contributed by atoms with Gasteiger partial charge in [0, 0.05) is 5.92 Å². The maximum atomic E-state index is 11.0. The molecular formula is C21H40O5. The summed E-state index contributed by atoms with van der Waals surface area (Å²) in [5.41, 5.74) is -0.528. The van der Waals surface area contributed by atoms with Crippen LogP contribution in [0.2, 0.25) is 0 Å². The average Bonchev–Trinajstić information content (AvgIpc) is 2.67. The molecule has 3 aliphatic heterocycles. The molecule has 6 atom stereocenters. The van der Waals surface area contributed by atoms with Gasteiger partial charge in [0.1, 0.15) is 6.10 Å². The van der Waals surface area contributed by atoms with Crippen molar-refractivity contribution in [1.29, 1.82) is 0 Å². The predicted molar refractivity (Wildman–Crippen MR) is 102 cm³/mol. The third kappa shape index (κ3) is 4.44. The molecule has 3 N–H and O–H groups in total. The monoisotopic (exact) mass is 372 g/mol. The van der Waals surface area contributed by atoms with Gasteiger partial charge in [-0.05, 0) is 31.1 Å². The molecule has 0 spiro atoms. The molecule has 3 aliphatic rings. The molecule has 3 rings (SSSR count). The van der Waals surface area contributed by atoms with E-state index in [1.165, 1.54) is 12.8 Å². The van der Waals surface area contributed by atoms with Crippen LogP contribution in [0.1, 0.15) is 85.5 Å². The van der Waals surface area contributed by atoms with Crippen LogP contribution in [0.3, 0.4) is 0 Å². The fourth-order valence-corrected chi connectivity index (χ4v) is 5.03. The number of aliphatic hydroxyl groups is 3. The Morgan fingerprint density at radius 2 is 1.50 bits per heavy atom. The molecule has 0 amide bonds. The number of hydrogen-bond donors (Lipinski definition) is 3. The summed E-state index contributed by atoms with van der Waals surface area (Å²) in [7, 11) is 0. The van der Waals surface area contributed by atoms with E-state index in [0.717, 1.165) is 44.9 Å². The standard InChI is InChI=1S/C21H40O5/c1-5-20(4)12-10-8-9-11-13-21(6-2,7-3)26-19-18(24)17(23)16(20)15(14-22)25-19/h15-19,22-24H,5-14H2,1-4H3/t15-,16-,17+,18-,19-,20?/m1/s1. The van der Waals surface area contributed by atoms with Gasteiger partial charge in [0.05, 0.1) is 24.4 Å². The van der Waals surface area contributed by atoms with E-state index in [0.29, 0.717) is 0 Å². The van der Waals surface area contributed by atoms with Crippen LogP contribution in [0.4, 0.5) is 0 Å². The molecule has 0 saturated carbocycles. The van der Waals surface area contributed by atoms with E-state index in [9.17, 15) is 15.3 Å². The Bertz CT molecular complexity index is 423. The van der Waals surface area contributed by atoms with Crippen LogP contribution in [-0.4, -0.2) is 52.1 Å². The summed E-state index contributed by atoms with van der Waals surface area (Å²) in [6.07, 6.45) is 5.54. The fourth-order valence-electron chi connectivity index (χ4n) is 5.03. The highest BCUT2D eigenvalue weighted by molar-refractivity contribution is 4.98. The predicted octanol–water partition coefficient (Wildman–Crippen LogP) is 3.39. The lowest BCUT2D eigenvalue weighted by Crippen LogP contribution is -2.61. The highest BCUT2D eigenvalue weighted by atomic mass is 16.7. The molecule has 5 heteroatoms. The van der Waals surface area contributed by atoms with Crippen LogP contribution >= 0.6 is 0 Å². The van der Waals surface area contributed by atoms with Gasteiger partial charge in [-0.1, -0.05) is 59.8 Å². The third-order valence-electron chi connectivity index (χ3n) is 7.28. The topological polar surface area (TPSA) is 79.2 Å². The minimum atomic E-state index is -1.09. The van der Waals surface area contributed by atoms with Crippen LogP contribution in [0.15, 0.2) is 0 Å². The van der Waals surface area contributed by atoms with E-state index in [-0.39, 0.29) is 23.5 Å². The van der Waals surface area contributed by atoms with Gasteiger partial charge >= 0.3 is 0 Å². The highest BCUT2D eigenvalue weighted by Gasteiger charge is 2.52. The number of rotatable bonds is 4. The Kier molecular flexibility index (Phi) is 7.93. The largest absolute Gasteiger partial charge is 0.394 e. The summed E-state index contributed by atoms with van der Waals surface area (Å²) < 4.78 is 12.4. The van der Waals surface area contributed by atoms with E-state index >= 15 is 0 Å². The zero-order valence-electron chi connectivity index (χ0n) is 17.1. The summed E-state index contributed by atoms with van der Waals surface area (Å²) in [6, 6.07) is 0. The summed E-state index contributed by atoms with van der Waals surface area (Å²) in [6.45, 7) is 8.31. The van der Waals surface area contributed by atoms with Crippen LogP contribution in [0.25, 0.3) is 0 Å². The second-order valence-electron chi connectivity index (χ2n) is 8.66. The Morgan fingerprint density at radius 1 is 0.885 bits per heavy atom. The number of aliphatic hydroxyl groups excluding tert-OH is 3. The SMILES string of the molecule is CCC1(CC)CCCCCCC(C)(CC)[C@H]2[C@H](O)[C@@H](O)[C@H](O[C@@H]2CO)O1. The molecule has 0 radical (unpaired) electrons. The van der Waals surface area contributed by atoms with Gasteiger partial charge in [-0.3, -0.25) is 0 Å². The maximum absolute atomic E-state index is 11.0. The molecule has 26 heavy (non-hydrogen) atoms. The minimum absolute atomic E-state index is 0.171. The quantitative estimate of drug-likeness (QED) is 0.705. The van der Waals surface area contributed by atoms with Crippen molar-refractivity contribution < 1.29 is 24.8 Å². The normalized spacial score (nSPS) is 41.9. The van der Waals surface area contributed by atoms with Crippen molar-refractivity contribution in [1.82, 2.24) is 0 Å². The van der Waals surface area contributed by atoms with Crippen molar-refractivity contribution in [3.05, 3.63) is 0 Å². The van der Waals surface area contributed by atoms with Gasteiger partial charge in [-0.25, -0.2) is 0 Å². The number of hydrogen-bond acceptors (Lipinski definition) is 5. The van der Waals surface area contributed by atoms with Crippen molar-refractivity contribution in [3.8, 4) is 0 Å². The first-order chi connectivity index (χ1) is 12.4. The molecule has 1 unspecified atom stereocenters. The molecule has 3 saturated heterocycles. The summed E-state index contributed by atoms with van der Waals surface area (Å²) >= 11 is 0. The van der Waals surface area contributed by atoms with Gasteiger partial charge in [-0.2, -0.15) is 0 Å². The van der Waals surface area contributed by atoms with Gasteiger partial charge in [0.25, 0.3) is 0 Å². The molecule has 3 heterocycles. The Hall–Kier alpha value is -0.200. The highest BCUT2D eigenvalue weighted by Crippen LogP contribution is 2.46. The lowest BCUT2D eigenvalue weighted by atomic mass is 9.65. The van der Waals surface area contributed by atoms with E-state index < -0.39 is 24.6 Å². The second kappa shape index (κ2) is 9.33. The molecular weight excluding hydrogens is 332 g/mol. The lowest BCUT2D eigenvalue weighted by Gasteiger charge is -2.51. The molecule has 5 nitrogen and oxygen atoms in total. The van der Waals surface area contributed by atoms with Crippen molar-refractivity contribution in [3.63, 3.8) is 0 Å². The molecule has 0 aromatic rings. The molecule has 154 valence electrons. The second-order valence-corrected chi connectivity index (χ2v) is 8.66. The van der Waals surface area contributed by atoms with E-state index in [2.05, 4.69) is 27.7 Å². The summed E-state index contributed by atoms with van der Waals surface area (Å²) in [4.78, 5) is 0. The van der Waals surface area contributed by atoms with Crippen LogP contribution in [-0.2, 0) is 9.47 Å². The van der Waals surface area contributed by atoms with Gasteiger partial charge in [0.2, 0.25) is 0 Å². The zero-order chi connectivity index (χ0) is 19.4. The van der Waals surface area contributed by atoms with E-state index in [4.69, 9.17) is 9.47 Å². The minimum Gasteiger partial charge on any atom is -0.394 e. The Morgan fingerprint density at radius 3 is 2.04 bits per heavy atom. The molecule has 2 bridgehead atoms. The van der Waals surface area contributed by atoms with Crippen molar-refractivity contribution in [2.45, 2.75) is 116 Å². The van der Waals surface area contributed by atoms with Crippen molar-refractivity contribution in [2.75, 3.05) is 6.61 Å². The van der Waals surface area contributed by atoms with Crippen molar-refractivity contribution >= 4 is 0 Å². The van der Waals surface area contributed by atoms with Crippen LogP contribution in [0.5, 0.6) is 0 Å². The molecule has 0 aromatic carbocycles.